The molecular weight excluding hydrogens is 286 g/mol. The molecule has 1 aromatic carbocycles. The number of amides is 1. The molecule has 0 spiro atoms. The number of nitrogens with zero attached hydrogens (tertiary/aromatic N) is 2. The summed E-state index contributed by atoms with van der Waals surface area (Å²) in [6, 6.07) is 10.6. The summed E-state index contributed by atoms with van der Waals surface area (Å²) in [4.78, 5) is 16.8. The maximum atomic E-state index is 12.3. The summed E-state index contributed by atoms with van der Waals surface area (Å²) in [5.41, 5.74) is 3.94. The molecule has 21 heavy (non-hydrogen) atoms. The van der Waals surface area contributed by atoms with Crippen molar-refractivity contribution in [1.82, 2.24) is 9.38 Å². The van der Waals surface area contributed by atoms with E-state index in [1.54, 1.807) is 24.3 Å². The molecule has 0 atom stereocenters. The van der Waals surface area contributed by atoms with E-state index in [9.17, 15) is 4.79 Å². The average molecular weight is 300 g/mol. The van der Waals surface area contributed by atoms with Crippen LogP contribution in [0.25, 0.3) is 5.65 Å². The molecule has 0 radical (unpaired) electrons. The van der Waals surface area contributed by atoms with Gasteiger partial charge in [-0.2, -0.15) is 0 Å². The number of imidazole rings is 1. The SMILES string of the molecule is Cc1nc2c(NC(=O)c3cccc(Cl)c3)cccn2c1C. The van der Waals surface area contributed by atoms with Gasteiger partial charge in [0.2, 0.25) is 0 Å². The van der Waals surface area contributed by atoms with Gasteiger partial charge in [0.1, 0.15) is 0 Å². The van der Waals surface area contributed by atoms with Gasteiger partial charge in [-0.15, -0.1) is 0 Å². The second-order valence-corrected chi connectivity index (χ2v) is 5.30. The van der Waals surface area contributed by atoms with Crippen LogP contribution in [0.2, 0.25) is 5.02 Å². The highest BCUT2D eigenvalue weighted by atomic mass is 35.5. The topological polar surface area (TPSA) is 46.4 Å². The lowest BCUT2D eigenvalue weighted by Crippen LogP contribution is -2.12. The third-order valence-corrected chi connectivity index (χ3v) is 3.70. The van der Waals surface area contributed by atoms with E-state index in [0.717, 1.165) is 17.0 Å². The molecule has 1 amide bonds. The zero-order chi connectivity index (χ0) is 15.0. The summed E-state index contributed by atoms with van der Waals surface area (Å²) >= 11 is 5.91. The van der Waals surface area contributed by atoms with E-state index in [-0.39, 0.29) is 5.91 Å². The lowest BCUT2D eigenvalue weighted by atomic mass is 10.2. The van der Waals surface area contributed by atoms with Crippen molar-refractivity contribution in [2.24, 2.45) is 0 Å². The minimum Gasteiger partial charge on any atom is -0.319 e. The Labute approximate surface area is 127 Å². The van der Waals surface area contributed by atoms with Gasteiger partial charge in [0.05, 0.1) is 11.4 Å². The van der Waals surface area contributed by atoms with Gasteiger partial charge in [-0.1, -0.05) is 17.7 Å². The normalized spacial score (nSPS) is 10.8. The maximum Gasteiger partial charge on any atom is 0.255 e. The summed E-state index contributed by atoms with van der Waals surface area (Å²) in [7, 11) is 0. The van der Waals surface area contributed by atoms with Gasteiger partial charge >= 0.3 is 0 Å². The van der Waals surface area contributed by atoms with Crippen molar-refractivity contribution in [1.29, 1.82) is 0 Å². The zero-order valence-corrected chi connectivity index (χ0v) is 12.5. The number of benzene rings is 1. The second kappa shape index (κ2) is 5.22. The Kier molecular flexibility index (Phi) is 3.39. The molecule has 106 valence electrons. The van der Waals surface area contributed by atoms with Crippen LogP contribution in [0.3, 0.4) is 0 Å². The van der Waals surface area contributed by atoms with Crippen LogP contribution in [-0.4, -0.2) is 15.3 Å². The van der Waals surface area contributed by atoms with E-state index < -0.39 is 0 Å². The van der Waals surface area contributed by atoms with Crippen LogP contribution in [0.1, 0.15) is 21.7 Å². The predicted molar refractivity (Wildman–Crippen MR) is 84.1 cm³/mol. The number of carbonyl (C=O) groups excluding carboxylic acids is 1. The lowest BCUT2D eigenvalue weighted by Gasteiger charge is -2.07. The summed E-state index contributed by atoms with van der Waals surface area (Å²) in [6.45, 7) is 3.95. The fourth-order valence-corrected chi connectivity index (χ4v) is 2.41. The number of rotatable bonds is 2. The Hall–Kier alpha value is -2.33. The van der Waals surface area contributed by atoms with Gasteiger partial charge in [-0.05, 0) is 44.2 Å². The minimum absolute atomic E-state index is 0.205. The quantitative estimate of drug-likeness (QED) is 0.781. The Morgan fingerprint density at radius 1 is 1.24 bits per heavy atom. The third-order valence-electron chi connectivity index (χ3n) is 3.46. The molecule has 2 heterocycles. The molecule has 0 unspecified atom stereocenters. The van der Waals surface area contributed by atoms with Crippen LogP contribution in [0.4, 0.5) is 5.69 Å². The number of hydrogen-bond acceptors (Lipinski definition) is 2. The Balaban J connectivity index is 1.98. The number of fused-ring (bicyclic) bond motifs is 1. The van der Waals surface area contributed by atoms with Crippen molar-refractivity contribution in [2.45, 2.75) is 13.8 Å². The predicted octanol–water partition coefficient (Wildman–Crippen LogP) is 3.86. The number of carbonyl (C=O) groups is 1. The highest BCUT2D eigenvalue weighted by Gasteiger charge is 2.12. The highest BCUT2D eigenvalue weighted by Crippen LogP contribution is 2.20. The van der Waals surface area contributed by atoms with Crippen LogP contribution in [0.5, 0.6) is 0 Å². The molecule has 5 heteroatoms. The summed E-state index contributed by atoms with van der Waals surface area (Å²) in [5.74, 6) is -0.205. The first-order valence-corrected chi connectivity index (χ1v) is 6.95. The molecule has 0 aliphatic heterocycles. The van der Waals surface area contributed by atoms with E-state index in [4.69, 9.17) is 11.6 Å². The second-order valence-electron chi connectivity index (χ2n) is 4.86. The number of hydrogen-bond donors (Lipinski definition) is 1. The van der Waals surface area contributed by atoms with Crippen molar-refractivity contribution >= 4 is 28.8 Å². The molecule has 1 N–H and O–H groups in total. The molecule has 3 rings (SSSR count). The van der Waals surface area contributed by atoms with Crippen molar-refractivity contribution < 1.29 is 4.79 Å². The van der Waals surface area contributed by atoms with E-state index in [1.807, 2.05) is 36.6 Å². The van der Waals surface area contributed by atoms with Gasteiger partial charge < -0.3 is 9.72 Å². The molecule has 0 saturated carbocycles. The van der Waals surface area contributed by atoms with E-state index in [0.29, 0.717) is 16.3 Å². The molecule has 0 fully saturated rings. The van der Waals surface area contributed by atoms with Gasteiger partial charge in [-0.25, -0.2) is 4.98 Å². The molecule has 4 nitrogen and oxygen atoms in total. The van der Waals surface area contributed by atoms with Crippen LogP contribution in [0.15, 0.2) is 42.6 Å². The van der Waals surface area contributed by atoms with Crippen LogP contribution in [0, 0.1) is 13.8 Å². The Morgan fingerprint density at radius 3 is 2.81 bits per heavy atom. The molecular formula is C16H14ClN3O. The van der Waals surface area contributed by atoms with E-state index >= 15 is 0 Å². The highest BCUT2D eigenvalue weighted by molar-refractivity contribution is 6.31. The smallest absolute Gasteiger partial charge is 0.255 e. The number of nitrogens with one attached hydrogen (secondary N) is 1. The zero-order valence-electron chi connectivity index (χ0n) is 11.7. The van der Waals surface area contributed by atoms with Crippen molar-refractivity contribution in [3.05, 3.63) is 64.6 Å². The summed E-state index contributed by atoms with van der Waals surface area (Å²) in [6.07, 6.45) is 1.93. The van der Waals surface area contributed by atoms with Crippen molar-refractivity contribution in [2.75, 3.05) is 5.32 Å². The van der Waals surface area contributed by atoms with Gasteiger partial charge in [0.25, 0.3) is 5.91 Å². The Bertz CT molecular complexity index is 839. The summed E-state index contributed by atoms with van der Waals surface area (Å²) < 4.78 is 1.96. The van der Waals surface area contributed by atoms with Crippen molar-refractivity contribution in [3.8, 4) is 0 Å². The largest absolute Gasteiger partial charge is 0.319 e. The van der Waals surface area contributed by atoms with E-state index in [1.165, 1.54) is 0 Å². The van der Waals surface area contributed by atoms with E-state index in [2.05, 4.69) is 10.3 Å². The average Bonchev–Trinajstić information content (AvgIpc) is 2.76. The molecule has 0 bridgehead atoms. The maximum absolute atomic E-state index is 12.3. The molecule has 0 saturated heterocycles. The fourth-order valence-electron chi connectivity index (χ4n) is 2.22. The van der Waals surface area contributed by atoms with Crippen LogP contribution < -0.4 is 5.32 Å². The van der Waals surface area contributed by atoms with Gasteiger partial charge in [0, 0.05) is 22.5 Å². The number of aromatic nitrogens is 2. The first-order chi connectivity index (χ1) is 10.1. The number of anilines is 1. The first-order valence-electron chi connectivity index (χ1n) is 6.57. The van der Waals surface area contributed by atoms with Gasteiger partial charge in [-0.3, -0.25) is 4.79 Å². The standard InChI is InChI=1S/C16H14ClN3O/c1-10-11(2)20-8-4-7-14(15(20)18-10)19-16(21)12-5-3-6-13(17)9-12/h3-9H,1-2H3,(H,19,21). The number of aryl methyl sites for hydroxylation is 2. The van der Waals surface area contributed by atoms with Gasteiger partial charge in [0.15, 0.2) is 5.65 Å². The number of pyridine rings is 1. The molecule has 0 aliphatic carbocycles. The molecule has 3 aromatic rings. The summed E-state index contributed by atoms with van der Waals surface area (Å²) in [5, 5.41) is 3.42. The lowest BCUT2D eigenvalue weighted by molar-refractivity contribution is 0.102. The number of halogens is 1. The minimum atomic E-state index is -0.205. The van der Waals surface area contributed by atoms with Crippen LogP contribution >= 0.6 is 11.6 Å². The Morgan fingerprint density at radius 2 is 2.05 bits per heavy atom. The molecule has 0 aliphatic rings. The molecule has 2 aromatic heterocycles. The third kappa shape index (κ3) is 2.50. The first kappa shape index (κ1) is 13.6. The van der Waals surface area contributed by atoms with Crippen LogP contribution in [-0.2, 0) is 0 Å². The van der Waals surface area contributed by atoms with Crippen molar-refractivity contribution in [3.63, 3.8) is 0 Å². The fraction of sp³-hybridized carbons (Fsp3) is 0.125. The monoisotopic (exact) mass is 299 g/mol.